The molecule has 0 spiro atoms. The van der Waals surface area contributed by atoms with Gasteiger partial charge in [-0.25, -0.2) is 0 Å². The van der Waals surface area contributed by atoms with Crippen molar-refractivity contribution >= 4 is 0 Å². The van der Waals surface area contributed by atoms with Crippen molar-refractivity contribution in [3.63, 3.8) is 0 Å². The molecule has 2 aliphatic rings. The van der Waals surface area contributed by atoms with Crippen molar-refractivity contribution in [3.05, 3.63) is 30.1 Å². The van der Waals surface area contributed by atoms with Crippen LogP contribution in [-0.2, 0) is 6.54 Å². The van der Waals surface area contributed by atoms with Gasteiger partial charge in [-0.2, -0.15) is 0 Å². The second-order valence-corrected chi connectivity index (χ2v) is 6.91. The van der Waals surface area contributed by atoms with E-state index < -0.39 is 0 Å². The molecule has 0 aliphatic carbocycles. The molecule has 1 aromatic heterocycles. The highest BCUT2D eigenvalue weighted by molar-refractivity contribution is 5.05. The zero-order valence-corrected chi connectivity index (χ0v) is 12.9. The Hall–Kier alpha value is -0.970. The number of hydrogen-bond donors (Lipinski definition) is 0. The molecule has 0 bridgehead atoms. The lowest BCUT2D eigenvalue weighted by Crippen LogP contribution is -2.68. The van der Waals surface area contributed by atoms with Gasteiger partial charge in [0, 0.05) is 57.0 Å². The van der Waals surface area contributed by atoms with Crippen LogP contribution >= 0.6 is 0 Å². The third kappa shape index (κ3) is 2.87. The molecule has 0 amide bonds. The minimum atomic E-state index is 0.300. The number of fused-ring (bicyclic) bond motifs is 1. The van der Waals surface area contributed by atoms with Crippen molar-refractivity contribution in [2.75, 3.05) is 39.8 Å². The third-order valence-electron chi connectivity index (χ3n) is 4.64. The molecule has 0 aromatic carbocycles. The van der Waals surface area contributed by atoms with Gasteiger partial charge in [0.05, 0.1) is 5.69 Å². The lowest BCUT2D eigenvalue weighted by atomic mass is 9.93. The maximum absolute atomic E-state index is 4.45. The molecule has 1 atom stereocenters. The van der Waals surface area contributed by atoms with E-state index in [0.717, 1.165) is 19.6 Å². The van der Waals surface area contributed by atoms with Crippen LogP contribution in [0.2, 0.25) is 0 Å². The Morgan fingerprint density at radius 1 is 1.25 bits per heavy atom. The Labute approximate surface area is 122 Å². The van der Waals surface area contributed by atoms with E-state index in [1.807, 2.05) is 12.3 Å². The summed E-state index contributed by atoms with van der Waals surface area (Å²) in [5.74, 6) is 0. The summed E-state index contributed by atoms with van der Waals surface area (Å²) in [5.41, 5.74) is 1.48. The molecule has 2 saturated heterocycles. The van der Waals surface area contributed by atoms with Crippen molar-refractivity contribution in [1.29, 1.82) is 0 Å². The zero-order valence-electron chi connectivity index (χ0n) is 12.9. The maximum atomic E-state index is 4.45. The van der Waals surface area contributed by atoms with Crippen molar-refractivity contribution in [3.8, 4) is 0 Å². The molecular formula is C16H26N4. The Balaban J connectivity index is 1.66. The first-order valence-corrected chi connectivity index (χ1v) is 7.62. The highest BCUT2D eigenvalue weighted by atomic mass is 15.4. The average molecular weight is 274 g/mol. The highest BCUT2D eigenvalue weighted by Gasteiger charge is 2.41. The van der Waals surface area contributed by atoms with Gasteiger partial charge >= 0.3 is 0 Å². The summed E-state index contributed by atoms with van der Waals surface area (Å²) >= 11 is 0. The molecule has 0 unspecified atom stereocenters. The van der Waals surface area contributed by atoms with E-state index >= 15 is 0 Å². The molecule has 2 aliphatic heterocycles. The quantitative estimate of drug-likeness (QED) is 0.810. The number of aromatic nitrogens is 1. The fourth-order valence-electron chi connectivity index (χ4n) is 3.91. The van der Waals surface area contributed by atoms with Crippen molar-refractivity contribution in [1.82, 2.24) is 19.7 Å². The van der Waals surface area contributed by atoms with Crippen molar-refractivity contribution in [2.24, 2.45) is 0 Å². The van der Waals surface area contributed by atoms with Gasteiger partial charge in [0.2, 0.25) is 0 Å². The molecule has 0 radical (unpaired) electrons. The molecule has 4 nitrogen and oxygen atoms in total. The molecule has 3 rings (SSSR count). The van der Waals surface area contributed by atoms with Crippen LogP contribution in [0.1, 0.15) is 19.5 Å². The van der Waals surface area contributed by atoms with Crippen LogP contribution in [0.5, 0.6) is 0 Å². The molecule has 2 fully saturated rings. The van der Waals surface area contributed by atoms with Gasteiger partial charge in [-0.05, 0) is 33.0 Å². The van der Waals surface area contributed by atoms with Gasteiger partial charge in [0.1, 0.15) is 0 Å². The van der Waals surface area contributed by atoms with Crippen LogP contribution in [0.25, 0.3) is 0 Å². The monoisotopic (exact) mass is 274 g/mol. The summed E-state index contributed by atoms with van der Waals surface area (Å²) in [4.78, 5) is 12.2. The van der Waals surface area contributed by atoms with Gasteiger partial charge in [-0.3, -0.25) is 14.8 Å². The largest absolute Gasteiger partial charge is 0.303 e. The Morgan fingerprint density at radius 3 is 2.85 bits per heavy atom. The predicted molar refractivity (Wildman–Crippen MR) is 81.6 cm³/mol. The molecule has 4 heteroatoms. The van der Waals surface area contributed by atoms with E-state index in [1.165, 1.54) is 25.3 Å². The van der Waals surface area contributed by atoms with Crippen LogP contribution in [0.15, 0.2) is 24.4 Å². The number of hydrogen-bond acceptors (Lipinski definition) is 4. The zero-order chi connectivity index (χ0) is 14.2. The first-order chi connectivity index (χ1) is 9.54. The van der Waals surface area contributed by atoms with Crippen LogP contribution in [0.3, 0.4) is 0 Å². The Morgan fingerprint density at radius 2 is 2.10 bits per heavy atom. The minimum Gasteiger partial charge on any atom is -0.303 e. The molecule has 0 N–H and O–H groups in total. The molecule has 3 heterocycles. The first kappa shape index (κ1) is 14.0. The van der Waals surface area contributed by atoms with Crippen molar-refractivity contribution < 1.29 is 0 Å². The van der Waals surface area contributed by atoms with E-state index in [0.29, 0.717) is 11.6 Å². The Kier molecular flexibility index (Phi) is 3.80. The third-order valence-corrected chi connectivity index (χ3v) is 4.64. The van der Waals surface area contributed by atoms with E-state index in [9.17, 15) is 0 Å². The Bertz CT molecular complexity index is 445. The number of rotatable bonds is 2. The number of likely N-dealkylation sites (N-methyl/N-ethyl adjacent to an activating group) is 1. The first-order valence-electron chi connectivity index (χ1n) is 7.62. The fraction of sp³-hybridized carbons (Fsp3) is 0.688. The summed E-state index contributed by atoms with van der Waals surface area (Å²) in [6, 6.07) is 6.85. The highest BCUT2D eigenvalue weighted by Crippen LogP contribution is 2.27. The second-order valence-electron chi connectivity index (χ2n) is 6.91. The standard InChI is InChI=1S/C16H26N4/c1-16(2)13-18(3)11-15-12-19(8-9-20(15)16)10-14-6-4-5-7-17-14/h4-7,15H,8-13H2,1-3H3/t15-/m1/s1. The molecule has 110 valence electrons. The second kappa shape index (κ2) is 5.43. The number of piperazine rings is 2. The normalized spacial score (nSPS) is 28.2. The smallest absolute Gasteiger partial charge is 0.0543 e. The summed E-state index contributed by atoms with van der Waals surface area (Å²) in [5, 5.41) is 0. The van der Waals surface area contributed by atoms with Gasteiger partial charge < -0.3 is 4.90 Å². The molecule has 1 aromatic rings. The number of pyridine rings is 1. The summed E-state index contributed by atoms with van der Waals surface area (Å²) in [7, 11) is 2.25. The lowest BCUT2D eigenvalue weighted by molar-refractivity contribution is -0.0594. The van der Waals surface area contributed by atoms with E-state index in [-0.39, 0.29) is 0 Å². The van der Waals surface area contributed by atoms with Crippen LogP contribution in [0.4, 0.5) is 0 Å². The van der Waals surface area contributed by atoms with E-state index in [1.54, 1.807) is 0 Å². The molecule has 20 heavy (non-hydrogen) atoms. The van der Waals surface area contributed by atoms with Gasteiger partial charge in [0.25, 0.3) is 0 Å². The molecular weight excluding hydrogens is 248 g/mol. The topological polar surface area (TPSA) is 22.6 Å². The van der Waals surface area contributed by atoms with Crippen LogP contribution in [-0.4, -0.2) is 71.0 Å². The average Bonchev–Trinajstić information content (AvgIpc) is 2.38. The van der Waals surface area contributed by atoms with Gasteiger partial charge in [-0.1, -0.05) is 6.07 Å². The van der Waals surface area contributed by atoms with Crippen LogP contribution < -0.4 is 0 Å². The summed E-state index contributed by atoms with van der Waals surface area (Å²) in [6.07, 6.45) is 1.89. The van der Waals surface area contributed by atoms with Crippen LogP contribution in [0, 0.1) is 0 Å². The predicted octanol–water partition coefficient (Wildman–Crippen LogP) is 1.29. The maximum Gasteiger partial charge on any atom is 0.0543 e. The van der Waals surface area contributed by atoms with Gasteiger partial charge in [0.15, 0.2) is 0 Å². The van der Waals surface area contributed by atoms with Crippen molar-refractivity contribution in [2.45, 2.75) is 32.0 Å². The van der Waals surface area contributed by atoms with Gasteiger partial charge in [-0.15, -0.1) is 0 Å². The van der Waals surface area contributed by atoms with E-state index in [2.05, 4.69) is 52.7 Å². The van der Waals surface area contributed by atoms with E-state index in [4.69, 9.17) is 0 Å². The SMILES string of the molecule is CN1C[C@@H]2CN(Cc3ccccn3)CCN2C(C)(C)C1. The minimum absolute atomic E-state index is 0.300. The number of nitrogens with zero attached hydrogens (tertiary/aromatic N) is 4. The summed E-state index contributed by atoms with van der Waals surface area (Å²) in [6.45, 7) is 11.6. The molecule has 0 saturated carbocycles. The lowest BCUT2D eigenvalue weighted by Gasteiger charge is -2.55. The fourth-order valence-corrected chi connectivity index (χ4v) is 3.91. The summed E-state index contributed by atoms with van der Waals surface area (Å²) < 4.78 is 0.